The maximum absolute atomic E-state index is 12.9. The summed E-state index contributed by atoms with van der Waals surface area (Å²) in [7, 11) is 0. The largest absolute Gasteiger partial charge is 0.351 e. The van der Waals surface area contributed by atoms with Crippen LogP contribution in [0, 0.1) is 24.7 Å². The molecule has 0 aliphatic heterocycles. The van der Waals surface area contributed by atoms with Crippen LogP contribution in [0.3, 0.4) is 0 Å². The van der Waals surface area contributed by atoms with Crippen LogP contribution in [-0.4, -0.2) is 24.4 Å². The van der Waals surface area contributed by atoms with Crippen LogP contribution in [0.1, 0.15) is 71.9 Å². The topological polar surface area (TPSA) is 58.2 Å². The summed E-state index contributed by atoms with van der Waals surface area (Å²) >= 11 is 0. The number of rotatable bonds is 5. The van der Waals surface area contributed by atoms with E-state index in [-0.39, 0.29) is 28.7 Å². The zero-order valence-corrected chi connectivity index (χ0v) is 18.8. The summed E-state index contributed by atoms with van der Waals surface area (Å²) in [6.45, 7) is 11.2. The molecule has 0 aromatic heterocycles. The summed E-state index contributed by atoms with van der Waals surface area (Å²) < 4.78 is 0. The van der Waals surface area contributed by atoms with E-state index in [1.165, 1.54) is 0 Å². The number of aryl methyl sites for hydroxylation is 2. The number of carbonyl (C=O) groups is 2. The van der Waals surface area contributed by atoms with Crippen molar-refractivity contribution in [3.05, 3.63) is 70.8 Å². The van der Waals surface area contributed by atoms with E-state index in [4.69, 9.17) is 0 Å². The van der Waals surface area contributed by atoms with E-state index in [0.717, 1.165) is 41.5 Å². The molecule has 2 aromatic rings. The van der Waals surface area contributed by atoms with Crippen molar-refractivity contribution in [2.24, 2.45) is 10.8 Å². The van der Waals surface area contributed by atoms with Gasteiger partial charge in [0.1, 0.15) is 0 Å². The van der Waals surface area contributed by atoms with Gasteiger partial charge in [-0.05, 0) is 67.2 Å². The van der Waals surface area contributed by atoms with Gasteiger partial charge in [0, 0.05) is 23.7 Å². The Kier molecular flexibility index (Phi) is 6.35. The van der Waals surface area contributed by atoms with Crippen LogP contribution in [0.4, 0.5) is 0 Å². The average Bonchev–Trinajstić information content (AvgIpc) is 2.65. The number of carbonyl (C=O) groups excluding carboxylic acids is 2. The predicted molar refractivity (Wildman–Crippen MR) is 122 cm³/mol. The second kappa shape index (κ2) is 8.63. The standard InChI is InChI=1S/C26H34N2O2/c1-18-10-6-8-12-21(18)23(29)27-17-26(5)15-20(14-25(3,4)16-26)28-24(30)22-13-9-7-11-19(22)2/h6-13,20H,14-17H2,1-5H3,(H,27,29)(H,28,30). The van der Waals surface area contributed by atoms with Crippen LogP contribution in [0.25, 0.3) is 0 Å². The second-order valence-corrected chi connectivity index (χ2v) is 10.0. The Labute approximate surface area is 180 Å². The van der Waals surface area contributed by atoms with Crippen molar-refractivity contribution in [3.63, 3.8) is 0 Å². The molecule has 1 saturated carbocycles. The monoisotopic (exact) mass is 406 g/mol. The molecule has 0 saturated heterocycles. The minimum Gasteiger partial charge on any atom is -0.351 e. The molecule has 2 unspecified atom stereocenters. The molecule has 2 amide bonds. The van der Waals surface area contributed by atoms with Crippen LogP contribution in [0.5, 0.6) is 0 Å². The first-order valence-corrected chi connectivity index (χ1v) is 10.8. The Balaban J connectivity index is 1.69. The number of hydrogen-bond acceptors (Lipinski definition) is 2. The molecule has 4 heteroatoms. The summed E-state index contributed by atoms with van der Waals surface area (Å²) in [6.07, 6.45) is 2.79. The van der Waals surface area contributed by atoms with Gasteiger partial charge in [-0.2, -0.15) is 0 Å². The minimum atomic E-state index is -0.0796. The molecule has 30 heavy (non-hydrogen) atoms. The Hall–Kier alpha value is -2.62. The summed E-state index contributed by atoms with van der Waals surface area (Å²) in [6, 6.07) is 15.4. The third kappa shape index (κ3) is 5.29. The minimum absolute atomic E-state index is 0.0119. The SMILES string of the molecule is Cc1ccccc1C(=O)NCC1(C)CC(NC(=O)c2ccccc2C)CC(C)(C)C1. The predicted octanol–water partition coefficient (Wildman–Crippen LogP) is 5.05. The fourth-order valence-corrected chi connectivity index (χ4v) is 5.18. The van der Waals surface area contributed by atoms with Crippen molar-refractivity contribution in [3.8, 4) is 0 Å². The van der Waals surface area contributed by atoms with Crippen molar-refractivity contribution >= 4 is 11.8 Å². The maximum atomic E-state index is 12.9. The van der Waals surface area contributed by atoms with E-state index >= 15 is 0 Å². The van der Waals surface area contributed by atoms with Gasteiger partial charge in [-0.1, -0.05) is 57.2 Å². The van der Waals surface area contributed by atoms with Crippen molar-refractivity contribution in [1.29, 1.82) is 0 Å². The van der Waals surface area contributed by atoms with Crippen molar-refractivity contribution in [1.82, 2.24) is 10.6 Å². The highest BCUT2D eigenvalue weighted by molar-refractivity contribution is 5.96. The Morgan fingerprint density at radius 2 is 1.40 bits per heavy atom. The third-order valence-corrected chi connectivity index (χ3v) is 6.23. The zero-order valence-electron chi connectivity index (χ0n) is 18.8. The second-order valence-electron chi connectivity index (χ2n) is 10.0. The van der Waals surface area contributed by atoms with Crippen molar-refractivity contribution in [2.45, 2.75) is 59.9 Å². The number of nitrogens with one attached hydrogen (secondary N) is 2. The first-order valence-electron chi connectivity index (χ1n) is 10.8. The molecule has 160 valence electrons. The molecule has 3 rings (SSSR count). The maximum Gasteiger partial charge on any atom is 0.251 e. The first kappa shape index (κ1) is 22.1. The summed E-state index contributed by atoms with van der Waals surface area (Å²) in [5.41, 5.74) is 3.43. The number of hydrogen-bond donors (Lipinski definition) is 2. The summed E-state index contributed by atoms with van der Waals surface area (Å²) in [4.78, 5) is 25.6. The molecular formula is C26H34N2O2. The molecule has 1 aliphatic carbocycles. The third-order valence-electron chi connectivity index (χ3n) is 6.23. The molecule has 2 atom stereocenters. The lowest BCUT2D eigenvalue weighted by Crippen LogP contribution is -2.50. The number of benzene rings is 2. The highest BCUT2D eigenvalue weighted by atomic mass is 16.2. The molecule has 0 heterocycles. The van der Waals surface area contributed by atoms with Crippen LogP contribution in [0.2, 0.25) is 0 Å². The van der Waals surface area contributed by atoms with Gasteiger partial charge in [-0.3, -0.25) is 9.59 Å². The van der Waals surface area contributed by atoms with Gasteiger partial charge >= 0.3 is 0 Å². The van der Waals surface area contributed by atoms with Crippen molar-refractivity contribution < 1.29 is 9.59 Å². The van der Waals surface area contributed by atoms with E-state index in [0.29, 0.717) is 6.54 Å². The quantitative estimate of drug-likeness (QED) is 0.730. The lowest BCUT2D eigenvalue weighted by molar-refractivity contribution is 0.0591. The smallest absolute Gasteiger partial charge is 0.251 e. The fraction of sp³-hybridized carbons (Fsp3) is 0.462. The van der Waals surface area contributed by atoms with Crippen LogP contribution >= 0.6 is 0 Å². The Morgan fingerprint density at radius 3 is 1.97 bits per heavy atom. The van der Waals surface area contributed by atoms with E-state index in [9.17, 15) is 9.59 Å². The molecular weight excluding hydrogens is 372 g/mol. The zero-order chi connectivity index (χ0) is 21.9. The van der Waals surface area contributed by atoms with E-state index in [1.807, 2.05) is 62.4 Å². The normalized spacial score (nSPS) is 22.9. The summed E-state index contributed by atoms with van der Waals surface area (Å²) in [5, 5.41) is 6.41. The van der Waals surface area contributed by atoms with E-state index in [2.05, 4.69) is 31.4 Å². The van der Waals surface area contributed by atoms with Gasteiger partial charge in [0.05, 0.1) is 0 Å². The molecule has 0 spiro atoms. The fourth-order valence-electron chi connectivity index (χ4n) is 5.18. The van der Waals surface area contributed by atoms with Gasteiger partial charge < -0.3 is 10.6 Å². The average molecular weight is 407 g/mol. The number of amides is 2. The van der Waals surface area contributed by atoms with Gasteiger partial charge in [-0.25, -0.2) is 0 Å². The highest BCUT2D eigenvalue weighted by Crippen LogP contribution is 2.45. The lowest BCUT2D eigenvalue weighted by atomic mass is 9.62. The Bertz CT molecular complexity index is 934. The van der Waals surface area contributed by atoms with E-state index in [1.54, 1.807) is 0 Å². The van der Waals surface area contributed by atoms with Gasteiger partial charge in [0.15, 0.2) is 0 Å². The van der Waals surface area contributed by atoms with Crippen molar-refractivity contribution in [2.75, 3.05) is 6.54 Å². The molecule has 0 bridgehead atoms. The van der Waals surface area contributed by atoms with Crippen LogP contribution in [0.15, 0.2) is 48.5 Å². The van der Waals surface area contributed by atoms with E-state index < -0.39 is 0 Å². The molecule has 2 aromatic carbocycles. The van der Waals surface area contributed by atoms with Crippen LogP contribution < -0.4 is 10.6 Å². The lowest BCUT2D eigenvalue weighted by Gasteiger charge is -2.47. The molecule has 1 fully saturated rings. The molecule has 2 N–H and O–H groups in total. The summed E-state index contributed by atoms with van der Waals surface area (Å²) in [5.74, 6) is -0.0414. The van der Waals surface area contributed by atoms with Gasteiger partial charge in [0.25, 0.3) is 11.8 Å². The van der Waals surface area contributed by atoms with Gasteiger partial charge in [-0.15, -0.1) is 0 Å². The molecule has 4 nitrogen and oxygen atoms in total. The van der Waals surface area contributed by atoms with Crippen LogP contribution in [-0.2, 0) is 0 Å². The molecule has 0 radical (unpaired) electrons. The molecule has 1 aliphatic rings. The highest BCUT2D eigenvalue weighted by Gasteiger charge is 2.42. The Morgan fingerprint density at radius 1 is 0.867 bits per heavy atom. The first-order chi connectivity index (χ1) is 14.1. The van der Waals surface area contributed by atoms with Gasteiger partial charge in [0.2, 0.25) is 0 Å².